The molecular weight excluding hydrogens is 488 g/mol. The van der Waals surface area contributed by atoms with E-state index in [9.17, 15) is 9.59 Å². The Hall–Kier alpha value is -4.49. The summed E-state index contributed by atoms with van der Waals surface area (Å²) in [7, 11) is 0. The largest absolute Gasteiger partial charge is 0.342 e. The number of nitrogens with one attached hydrogen (secondary N) is 3. The van der Waals surface area contributed by atoms with Crippen LogP contribution in [-0.4, -0.2) is 21.8 Å². The van der Waals surface area contributed by atoms with E-state index >= 15 is 0 Å². The summed E-state index contributed by atoms with van der Waals surface area (Å²) in [5.41, 5.74) is 5.96. The van der Waals surface area contributed by atoms with E-state index in [2.05, 4.69) is 34.0 Å². The molecule has 3 N–H and O–H groups in total. The van der Waals surface area contributed by atoms with Gasteiger partial charge >= 0.3 is 0 Å². The number of hydrogen-bond acceptors (Lipinski definition) is 4. The summed E-state index contributed by atoms with van der Waals surface area (Å²) >= 11 is 0. The van der Waals surface area contributed by atoms with Crippen molar-refractivity contribution in [3.8, 4) is 0 Å². The van der Waals surface area contributed by atoms with Crippen LogP contribution in [0.3, 0.4) is 0 Å². The van der Waals surface area contributed by atoms with Gasteiger partial charge < -0.3 is 10.3 Å². The van der Waals surface area contributed by atoms with Gasteiger partial charge in [0.25, 0.3) is 5.91 Å². The van der Waals surface area contributed by atoms with Crippen molar-refractivity contribution in [3.63, 3.8) is 0 Å². The number of aromatic nitrogens is 2. The number of fused-ring (bicyclic) bond motifs is 3. The van der Waals surface area contributed by atoms with Crippen LogP contribution in [0.2, 0.25) is 0 Å². The van der Waals surface area contributed by atoms with E-state index in [1.807, 2.05) is 66.7 Å². The fraction of sp³-hybridized carbons (Fsp3) is 0.219. The number of aromatic amines is 1. The van der Waals surface area contributed by atoms with Crippen LogP contribution < -0.4 is 10.8 Å². The van der Waals surface area contributed by atoms with E-state index in [1.54, 1.807) is 12.1 Å². The van der Waals surface area contributed by atoms with Gasteiger partial charge in [0, 0.05) is 17.4 Å². The maximum Gasteiger partial charge on any atom is 0.251 e. The van der Waals surface area contributed by atoms with E-state index in [0.29, 0.717) is 25.0 Å². The quantitative estimate of drug-likeness (QED) is 0.131. The normalized spacial score (nSPS) is 11.9. The zero-order valence-corrected chi connectivity index (χ0v) is 21.7. The topological polar surface area (TPSA) is 96.1 Å². The summed E-state index contributed by atoms with van der Waals surface area (Å²) < 4.78 is 0. The molecule has 0 saturated carbocycles. The number of benzene rings is 4. The summed E-state index contributed by atoms with van der Waals surface area (Å²) in [5.74, 6) is 0.461. The van der Waals surface area contributed by atoms with Crippen molar-refractivity contribution < 1.29 is 14.4 Å². The number of hydroxylamine groups is 1. The van der Waals surface area contributed by atoms with Gasteiger partial charge in [0.05, 0.1) is 23.7 Å². The molecule has 2 amide bonds. The van der Waals surface area contributed by atoms with Crippen LogP contribution in [0, 0.1) is 0 Å². The second kappa shape index (κ2) is 12.8. The molecule has 0 bridgehead atoms. The first kappa shape index (κ1) is 26.1. The first-order valence-corrected chi connectivity index (χ1v) is 13.4. The molecule has 0 saturated heterocycles. The highest BCUT2D eigenvalue weighted by atomic mass is 16.6. The first-order chi connectivity index (χ1) is 19.2. The lowest BCUT2D eigenvalue weighted by molar-refractivity contribution is -0.134. The molecule has 0 radical (unpaired) electrons. The molecule has 39 heavy (non-hydrogen) atoms. The molecule has 1 atom stereocenters. The zero-order valence-electron chi connectivity index (χ0n) is 21.7. The Balaban J connectivity index is 1.19. The maximum absolute atomic E-state index is 13.0. The fourth-order valence-electron chi connectivity index (χ4n) is 4.67. The molecule has 0 fully saturated rings. The summed E-state index contributed by atoms with van der Waals surface area (Å²) in [4.78, 5) is 38.8. The van der Waals surface area contributed by atoms with E-state index in [1.165, 1.54) is 0 Å². The number of hydrogen-bond donors (Lipinski definition) is 3. The van der Waals surface area contributed by atoms with Gasteiger partial charge in [-0.3, -0.25) is 14.4 Å². The van der Waals surface area contributed by atoms with Gasteiger partial charge in [-0.15, -0.1) is 0 Å². The zero-order chi connectivity index (χ0) is 26.9. The highest BCUT2D eigenvalue weighted by molar-refractivity contribution is 6.04. The van der Waals surface area contributed by atoms with Gasteiger partial charge in [0.15, 0.2) is 0 Å². The van der Waals surface area contributed by atoms with Crippen LogP contribution in [0.4, 0.5) is 0 Å². The number of nitrogens with zero attached hydrogens (tertiary/aromatic N) is 1. The molecule has 1 aromatic heterocycles. The molecule has 1 heterocycles. The lowest BCUT2D eigenvalue weighted by Gasteiger charge is -2.17. The fourth-order valence-corrected chi connectivity index (χ4v) is 4.67. The minimum atomic E-state index is -0.285. The van der Waals surface area contributed by atoms with Crippen molar-refractivity contribution in [2.24, 2.45) is 0 Å². The summed E-state index contributed by atoms with van der Waals surface area (Å²) in [5, 5.41) is 5.37. The molecule has 7 heteroatoms. The third-order valence-corrected chi connectivity index (χ3v) is 6.73. The Bertz CT molecular complexity index is 1530. The number of unbranched alkanes of at least 4 members (excludes halogenated alkanes) is 2. The van der Waals surface area contributed by atoms with Crippen molar-refractivity contribution in [1.29, 1.82) is 0 Å². The molecule has 5 aromatic rings. The average molecular weight is 521 g/mol. The highest BCUT2D eigenvalue weighted by Gasteiger charge is 2.20. The Labute approximate surface area is 227 Å². The molecule has 5 rings (SSSR count). The van der Waals surface area contributed by atoms with Crippen LogP contribution in [0.5, 0.6) is 0 Å². The molecule has 0 aliphatic rings. The molecule has 0 unspecified atom stereocenters. The molecule has 7 nitrogen and oxygen atoms in total. The van der Waals surface area contributed by atoms with Gasteiger partial charge in [0.2, 0.25) is 5.91 Å². The van der Waals surface area contributed by atoms with Gasteiger partial charge in [-0.1, -0.05) is 91.7 Å². The predicted molar refractivity (Wildman–Crippen MR) is 153 cm³/mol. The second-order valence-corrected chi connectivity index (χ2v) is 9.60. The Kier molecular flexibility index (Phi) is 8.61. The number of carbonyl (C=O) groups excluding carboxylic acids is 2. The number of imidazole rings is 1. The van der Waals surface area contributed by atoms with Crippen molar-refractivity contribution in [1.82, 2.24) is 20.8 Å². The van der Waals surface area contributed by atoms with Gasteiger partial charge in [-0.2, -0.15) is 0 Å². The van der Waals surface area contributed by atoms with Crippen LogP contribution >= 0.6 is 0 Å². The highest BCUT2D eigenvalue weighted by Crippen LogP contribution is 2.27. The van der Waals surface area contributed by atoms with Crippen molar-refractivity contribution >= 4 is 33.6 Å². The van der Waals surface area contributed by atoms with Gasteiger partial charge in [-0.25, -0.2) is 10.5 Å². The van der Waals surface area contributed by atoms with E-state index in [0.717, 1.165) is 52.5 Å². The van der Waals surface area contributed by atoms with E-state index in [-0.39, 0.29) is 17.9 Å². The van der Waals surface area contributed by atoms with Gasteiger partial charge in [0.1, 0.15) is 5.82 Å². The lowest BCUT2D eigenvalue weighted by Crippen LogP contribution is -2.29. The van der Waals surface area contributed by atoms with Crippen molar-refractivity contribution in [2.45, 2.75) is 44.8 Å². The molecule has 0 aliphatic heterocycles. The summed E-state index contributed by atoms with van der Waals surface area (Å²) in [6.07, 6.45) is 3.47. The van der Waals surface area contributed by atoms with Crippen LogP contribution in [0.25, 0.3) is 21.8 Å². The summed E-state index contributed by atoms with van der Waals surface area (Å²) in [6, 6.07) is 30.9. The summed E-state index contributed by atoms with van der Waals surface area (Å²) in [6.45, 7) is 0.335. The minimum Gasteiger partial charge on any atom is -0.342 e. The Morgan fingerprint density at radius 2 is 1.56 bits per heavy atom. The van der Waals surface area contributed by atoms with Crippen molar-refractivity contribution in [2.75, 3.05) is 0 Å². The monoisotopic (exact) mass is 520 g/mol. The number of amides is 2. The molecule has 0 aliphatic carbocycles. The molecule has 198 valence electrons. The van der Waals surface area contributed by atoms with E-state index in [4.69, 9.17) is 9.82 Å². The molecule has 4 aromatic carbocycles. The third-order valence-electron chi connectivity index (χ3n) is 6.73. The first-order valence-electron chi connectivity index (χ1n) is 13.4. The van der Waals surface area contributed by atoms with Gasteiger partial charge in [-0.05, 0) is 42.0 Å². The number of H-pyrrole nitrogens is 1. The Morgan fingerprint density at radius 3 is 2.38 bits per heavy atom. The Morgan fingerprint density at radius 1 is 0.821 bits per heavy atom. The van der Waals surface area contributed by atoms with E-state index < -0.39 is 0 Å². The lowest BCUT2D eigenvalue weighted by atomic mass is 10.1. The SMILES string of the molecule is O=C(CCCCC[C@H](NC(=O)c1ccccc1)c1nc2c(ccc3ccccc32)[nH]1)NOCc1ccccc1. The molecule has 0 spiro atoms. The molecular formula is C32H32N4O3. The van der Waals surface area contributed by atoms with Crippen LogP contribution in [0.15, 0.2) is 97.1 Å². The second-order valence-electron chi connectivity index (χ2n) is 9.60. The number of carbonyl (C=O) groups is 2. The van der Waals surface area contributed by atoms with Crippen LogP contribution in [0.1, 0.15) is 59.9 Å². The standard InChI is InChI=1S/C32H32N4O3/c37-29(36-39-22-23-12-4-1-5-13-23)19-9-3-8-18-28(34-32(38)25-15-6-2-7-16-25)31-33-27-21-20-24-14-10-11-17-26(24)30(27)35-31/h1-2,4-7,10-17,20-21,28H,3,8-9,18-19,22H2,(H,33,35)(H,34,38)(H,36,37)/t28-/m0/s1. The maximum atomic E-state index is 13.0. The third kappa shape index (κ3) is 6.89. The average Bonchev–Trinajstić information content (AvgIpc) is 3.42. The minimum absolute atomic E-state index is 0.135. The number of rotatable bonds is 12. The van der Waals surface area contributed by atoms with Crippen molar-refractivity contribution in [3.05, 3.63) is 114 Å². The smallest absolute Gasteiger partial charge is 0.251 e. The predicted octanol–water partition coefficient (Wildman–Crippen LogP) is 6.39. The van der Waals surface area contributed by atoms with Crippen LogP contribution in [-0.2, 0) is 16.2 Å².